The Morgan fingerprint density at radius 1 is 1.28 bits per heavy atom. The summed E-state index contributed by atoms with van der Waals surface area (Å²) in [4.78, 5) is 27.0. The normalized spacial score (nSPS) is 16.4. The van der Waals surface area contributed by atoms with E-state index in [0.29, 0.717) is 6.42 Å². The number of methoxy groups -OCH3 is 1. The summed E-state index contributed by atoms with van der Waals surface area (Å²) in [5, 5.41) is 5.76. The molecule has 25 heavy (non-hydrogen) atoms. The van der Waals surface area contributed by atoms with Gasteiger partial charge < -0.3 is 20.3 Å². The van der Waals surface area contributed by atoms with Crippen LogP contribution in [-0.4, -0.2) is 44.2 Å². The summed E-state index contributed by atoms with van der Waals surface area (Å²) in [6, 6.07) is 7.88. The number of carbonyl (C=O) groups is 2. The predicted octanol–water partition coefficient (Wildman–Crippen LogP) is 2.55. The van der Waals surface area contributed by atoms with Crippen molar-refractivity contribution >= 4 is 23.2 Å². The van der Waals surface area contributed by atoms with Crippen LogP contribution < -0.4 is 15.5 Å². The lowest BCUT2D eigenvalue weighted by molar-refractivity contribution is -0.132. The number of anilines is 2. The summed E-state index contributed by atoms with van der Waals surface area (Å²) < 4.78 is 4.85. The van der Waals surface area contributed by atoms with E-state index in [9.17, 15) is 9.59 Å². The van der Waals surface area contributed by atoms with E-state index in [2.05, 4.69) is 21.6 Å². The third kappa shape index (κ3) is 5.19. The van der Waals surface area contributed by atoms with Crippen LogP contribution in [0.1, 0.15) is 39.5 Å². The largest absolute Gasteiger partial charge is 0.375 e. The van der Waals surface area contributed by atoms with Crippen molar-refractivity contribution < 1.29 is 14.3 Å². The van der Waals surface area contributed by atoms with Crippen LogP contribution >= 0.6 is 0 Å². The smallest absolute Gasteiger partial charge is 0.249 e. The second-order valence-electron chi connectivity index (χ2n) is 6.76. The van der Waals surface area contributed by atoms with Crippen LogP contribution in [0.15, 0.2) is 24.3 Å². The van der Waals surface area contributed by atoms with Gasteiger partial charge in [0.05, 0.1) is 0 Å². The number of hydrogen-bond acceptors (Lipinski definition) is 4. The first kappa shape index (κ1) is 19.2. The van der Waals surface area contributed by atoms with Crippen molar-refractivity contribution in [1.29, 1.82) is 0 Å². The van der Waals surface area contributed by atoms with Gasteiger partial charge in [0.2, 0.25) is 11.8 Å². The van der Waals surface area contributed by atoms with Gasteiger partial charge in [-0.2, -0.15) is 0 Å². The summed E-state index contributed by atoms with van der Waals surface area (Å²) in [7, 11) is 1.46. The molecular weight excluding hydrogens is 318 g/mol. The Balaban J connectivity index is 2.09. The minimum absolute atomic E-state index is 0.0585. The van der Waals surface area contributed by atoms with Gasteiger partial charge in [-0.15, -0.1) is 0 Å². The lowest BCUT2D eigenvalue weighted by atomic mass is 9.94. The summed E-state index contributed by atoms with van der Waals surface area (Å²) in [6.45, 7) is 5.79. The molecule has 2 amide bonds. The van der Waals surface area contributed by atoms with Gasteiger partial charge in [-0.3, -0.25) is 9.59 Å². The Labute approximate surface area is 149 Å². The topological polar surface area (TPSA) is 70.7 Å². The van der Waals surface area contributed by atoms with Gasteiger partial charge in [-0.1, -0.05) is 19.4 Å². The minimum atomic E-state index is -0.964. The number of carbonyl (C=O) groups excluding carboxylic acids is 2. The highest BCUT2D eigenvalue weighted by Crippen LogP contribution is 2.24. The molecular formula is C19H29N3O3. The maximum absolute atomic E-state index is 12.8. The Morgan fingerprint density at radius 3 is 2.64 bits per heavy atom. The molecule has 2 rings (SSSR count). The highest BCUT2D eigenvalue weighted by molar-refractivity contribution is 6.00. The molecule has 0 saturated carbocycles. The Kier molecular flexibility index (Phi) is 6.82. The maximum atomic E-state index is 12.8. The summed E-state index contributed by atoms with van der Waals surface area (Å²) in [5.41, 5.74) is 0.905. The number of benzene rings is 1. The molecule has 1 fully saturated rings. The van der Waals surface area contributed by atoms with Crippen molar-refractivity contribution in [2.24, 2.45) is 0 Å². The molecule has 0 aromatic heterocycles. The molecule has 0 radical (unpaired) electrons. The lowest BCUT2D eigenvalue weighted by Gasteiger charge is -2.29. The molecule has 1 aliphatic rings. The zero-order chi connectivity index (χ0) is 18.3. The number of amides is 2. The van der Waals surface area contributed by atoms with E-state index >= 15 is 0 Å². The predicted molar refractivity (Wildman–Crippen MR) is 99.9 cm³/mol. The van der Waals surface area contributed by atoms with E-state index in [1.165, 1.54) is 20.0 Å². The molecule has 1 heterocycles. The van der Waals surface area contributed by atoms with E-state index in [1.807, 2.05) is 25.1 Å². The van der Waals surface area contributed by atoms with Crippen molar-refractivity contribution in [3.05, 3.63) is 24.3 Å². The van der Waals surface area contributed by atoms with Crippen LogP contribution in [0.25, 0.3) is 0 Å². The van der Waals surface area contributed by atoms with Gasteiger partial charge in [-0.25, -0.2) is 0 Å². The molecule has 1 aromatic rings. The lowest BCUT2D eigenvalue weighted by Crippen LogP contribution is -2.55. The number of nitrogens with zero attached hydrogens (tertiary/aromatic N) is 1. The van der Waals surface area contributed by atoms with E-state index in [0.717, 1.165) is 30.9 Å². The Morgan fingerprint density at radius 2 is 2.00 bits per heavy atom. The molecule has 1 aliphatic heterocycles. The van der Waals surface area contributed by atoms with Gasteiger partial charge in [0.1, 0.15) is 12.1 Å². The van der Waals surface area contributed by atoms with Crippen LogP contribution in [0, 0.1) is 0 Å². The van der Waals surface area contributed by atoms with Crippen LogP contribution in [0.5, 0.6) is 0 Å². The first-order valence-corrected chi connectivity index (χ1v) is 8.95. The number of rotatable bonds is 8. The van der Waals surface area contributed by atoms with Crippen molar-refractivity contribution in [2.45, 2.75) is 45.1 Å². The molecule has 1 saturated heterocycles. The van der Waals surface area contributed by atoms with Gasteiger partial charge in [0.25, 0.3) is 0 Å². The molecule has 0 aliphatic carbocycles. The Hall–Kier alpha value is -2.08. The average Bonchev–Trinajstić information content (AvgIpc) is 3.10. The highest BCUT2D eigenvalue weighted by atomic mass is 16.5. The fourth-order valence-electron chi connectivity index (χ4n) is 3.23. The third-order valence-corrected chi connectivity index (χ3v) is 4.52. The molecule has 138 valence electrons. The SMILES string of the molecule is CCCC(C)(NC(=O)COC)C(=O)Nc1cccc(N2CCCC2)c1. The van der Waals surface area contributed by atoms with E-state index < -0.39 is 5.54 Å². The number of nitrogens with one attached hydrogen (secondary N) is 2. The van der Waals surface area contributed by atoms with E-state index in [1.54, 1.807) is 6.92 Å². The molecule has 1 unspecified atom stereocenters. The number of ether oxygens (including phenoxy) is 1. The van der Waals surface area contributed by atoms with Crippen LogP contribution in [-0.2, 0) is 14.3 Å². The molecule has 0 spiro atoms. The minimum Gasteiger partial charge on any atom is -0.375 e. The van der Waals surface area contributed by atoms with Crippen LogP contribution in [0.3, 0.4) is 0 Å². The first-order chi connectivity index (χ1) is 12.0. The van der Waals surface area contributed by atoms with Gasteiger partial charge in [0, 0.05) is 31.6 Å². The Bertz CT molecular complexity index is 599. The van der Waals surface area contributed by atoms with E-state index in [4.69, 9.17) is 4.74 Å². The standard InChI is InChI=1S/C19H29N3O3/c1-4-10-19(2,21-17(23)14-25-3)18(24)20-15-8-7-9-16(13-15)22-11-5-6-12-22/h7-9,13H,4-6,10-12,14H2,1-3H3,(H,20,24)(H,21,23). The molecule has 2 N–H and O–H groups in total. The van der Waals surface area contributed by atoms with Crippen LogP contribution in [0.4, 0.5) is 11.4 Å². The second-order valence-corrected chi connectivity index (χ2v) is 6.76. The van der Waals surface area contributed by atoms with Crippen molar-refractivity contribution in [3.63, 3.8) is 0 Å². The molecule has 0 bridgehead atoms. The number of hydrogen-bond donors (Lipinski definition) is 2. The van der Waals surface area contributed by atoms with Crippen molar-refractivity contribution in [3.8, 4) is 0 Å². The molecule has 1 atom stereocenters. The average molecular weight is 347 g/mol. The first-order valence-electron chi connectivity index (χ1n) is 8.95. The molecule has 1 aromatic carbocycles. The van der Waals surface area contributed by atoms with Gasteiger partial charge >= 0.3 is 0 Å². The summed E-state index contributed by atoms with van der Waals surface area (Å²) in [6.07, 6.45) is 3.75. The van der Waals surface area contributed by atoms with Crippen molar-refractivity contribution in [2.75, 3.05) is 37.0 Å². The highest BCUT2D eigenvalue weighted by Gasteiger charge is 2.34. The second kappa shape index (κ2) is 8.85. The van der Waals surface area contributed by atoms with Gasteiger partial charge in [0.15, 0.2) is 0 Å². The zero-order valence-electron chi connectivity index (χ0n) is 15.4. The summed E-state index contributed by atoms with van der Waals surface area (Å²) >= 11 is 0. The fourth-order valence-corrected chi connectivity index (χ4v) is 3.23. The summed E-state index contributed by atoms with van der Waals surface area (Å²) in [5.74, 6) is -0.503. The third-order valence-electron chi connectivity index (χ3n) is 4.52. The zero-order valence-corrected chi connectivity index (χ0v) is 15.4. The maximum Gasteiger partial charge on any atom is 0.249 e. The van der Waals surface area contributed by atoms with E-state index in [-0.39, 0.29) is 18.4 Å². The van der Waals surface area contributed by atoms with Crippen molar-refractivity contribution in [1.82, 2.24) is 5.32 Å². The van der Waals surface area contributed by atoms with Gasteiger partial charge in [-0.05, 0) is 44.4 Å². The quantitative estimate of drug-likeness (QED) is 0.758. The fraction of sp³-hybridized carbons (Fsp3) is 0.579. The molecule has 6 heteroatoms. The molecule has 6 nitrogen and oxygen atoms in total. The van der Waals surface area contributed by atoms with Crippen LogP contribution in [0.2, 0.25) is 0 Å². The monoisotopic (exact) mass is 347 g/mol.